The van der Waals surface area contributed by atoms with E-state index in [4.69, 9.17) is 9.47 Å². The first-order valence-corrected chi connectivity index (χ1v) is 15.7. The van der Waals surface area contributed by atoms with Gasteiger partial charge in [0.15, 0.2) is 0 Å². The van der Waals surface area contributed by atoms with Gasteiger partial charge in [-0.25, -0.2) is 4.79 Å². The van der Waals surface area contributed by atoms with Crippen LogP contribution in [0.15, 0.2) is 21.5 Å². The van der Waals surface area contributed by atoms with Crippen molar-refractivity contribution in [2.24, 2.45) is 27.0 Å². The van der Waals surface area contributed by atoms with E-state index in [1.54, 1.807) is 7.05 Å². The standard InChI is InChI=1S/C31H55N7O6/c1-22-10-12-30(5)24(31(30,6)13-11-23(22)38-32-7)21-44-28(42)35-15-14-33-16-18-43-19-17-34-25(39)8-9-26(40)36-20-27(41)37-29(2,3)4/h24,33H,8-21H2,1-7H3,(H,34,39)(H,35,42)(H,36,40)(H,37,41)/b23-22+,38-32?/t24-,30+,31-/m1/s1. The molecule has 2 rings (SSSR count). The monoisotopic (exact) mass is 621 g/mol. The molecule has 1 fully saturated rings. The molecule has 0 radical (unpaired) electrons. The van der Waals surface area contributed by atoms with Crippen LogP contribution in [0.2, 0.25) is 0 Å². The number of nitrogens with zero attached hydrogens (tertiary/aromatic N) is 2. The average molecular weight is 622 g/mol. The lowest BCUT2D eigenvalue weighted by Crippen LogP contribution is -2.45. The van der Waals surface area contributed by atoms with Crippen molar-refractivity contribution in [2.75, 3.05) is 59.6 Å². The molecule has 0 heterocycles. The second kappa shape index (κ2) is 17.4. The van der Waals surface area contributed by atoms with Crippen molar-refractivity contribution < 1.29 is 28.7 Å². The van der Waals surface area contributed by atoms with Gasteiger partial charge in [0.25, 0.3) is 0 Å². The summed E-state index contributed by atoms with van der Waals surface area (Å²) in [7, 11) is 1.71. The highest BCUT2D eigenvalue weighted by Crippen LogP contribution is 2.74. The van der Waals surface area contributed by atoms with E-state index in [9.17, 15) is 19.2 Å². The summed E-state index contributed by atoms with van der Waals surface area (Å²) in [6.45, 7) is 15.4. The number of rotatable bonds is 17. The smallest absolute Gasteiger partial charge is 0.407 e. The van der Waals surface area contributed by atoms with Gasteiger partial charge in [-0.15, -0.1) is 0 Å². The lowest BCUT2D eigenvalue weighted by Gasteiger charge is -2.22. The van der Waals surface area contributed by atoms with Crippen molar-refractivity contribution in [2.45, 2.75) is 85.6 Å². The maximum Gasteiger partial charge on any atom is 0.407 e. The second-order valence-corrected chi connectivity index (χ2v) is 13.2. The van der Waals surface area contributed by atoms with Gasteiger partial charge in [0, 0.05) is 57.5 Å². The van der Waals surface area contributed by atoms with Crippen LogP contribution in [0.1, 0.15) is 80.1 Å². The fraction of sp³-hybridized carbons (Fsp3) is 0.806. The summed E-state index contributed by atoms with van der Waals surface area (Å²) in [6.07, 6.45) is 3.62. The van der Waals surface area contributed by atoms with Gasteiger partial charge in [-0.3, -0.25) is 14.4 Å². The number of alkyl carbamates (subject to hydrolysis) is 1. The number of carbonyl (C=O) groups is 4. The Balaban J connectivity index is 1.45. The summed E-state index contributed by atoms with van der Waals surface area (Å²) in [5, 5.41) is 22.3. The minimum Gasteiger partial charge on any atom is -0.449 e. The van der Waals surface area contributed by atoms with E-state index in [-0.39, 0.29) is 53.5 Å². The molecule has 0 unspecified atom stereocenters. The maximum atomic E-state index is 12.3. The molecule has 0 saturated heterocycles. The van der Waals surface area contributed by atoms with Crippen LogP contribution in [0.25, 0.3) is 0 Å². The minimum absolute atomic E-state index is 0.00563. The van der Waals surface area contributed by atoms with Gasteiger partial charge in [-0.2, -0.15) is 10.2 Å². The molecule has 0 bridgehead atoms. The molecule has 250 valence electrons. The van der Waals surface area contributed by atoms with Gasteiger partial charge in [0.2, 0.25) is 17.7 Å². The molecule has 1 saturated carbocycles. The predicted octanol–water partition coefficient (Wildman–Crippen LogP) is 2.82. The first-order chi connectivity index (χ1) is 20.7. The summed E-state index contributed by atoms with van der Waals surface area (Å²) < 4.78 is 11.1. The third-order valence-corrected chi connectivity index (χ3v) is 8.86. The molecule has 0 aromatic heterocycles. The van der Waals surface area contributed by atoms with Gasteiger partial charge in [0.1, 0.15) is 0 Å². The molecule has 2 aliphatic rings. The van der Waals surface area contributed by atoms with Crippen LogP contribution >= 0.6 is 0 Å². The lowest BCUT2D eigenvalue weighted by molar-refractivity contribution is -0.128. The molecule has 0 aromatic carbocycles. The molecule has 0 aliphatic heterocycles. The van der Waals surface area contributed by atoms with Crippen molar-refractivity contribution in [3.05, 3.63) is 11.3 Å². The molecular formula is C31H55N7O6. The summed E-state index contributed by atoms with van der Waals surface area (Å²) >= 11 is 0. The van der Waals surface area contributed by atoms with Gasteiger partial charge < -0.3 is 36.1 Å². The quantitative estimate of drug-likeness (QED) is 0.123. The zero-order chi connectivity index (χ0) is 32.8. The Hall–Kier alpha value is -3.06. The zero-order valence-electron chi connectivity index (χ0n) is 27.8. The molecule has 44 heavy (non-hydrogen) atoms. The van der Waals surface area contributed by atoms with E-state index in [1.165, 1.54) is 5.57 Å². The topological polar surface area (TPSA) is 172 Å². The molecule has 3 atom stereocenters. The van der Waals surface area contributed by atoms with Crippen LogP contribution in [0, 0.1) is 16.7 Å². The highest BCUT2D eigenvalue weighted by Gasteiger charge is 2.69. The highest BCUT2D eigenvalue weighted by molar-refractivity contribution is 5.87. The van der Waals surface area contributed by atoms with E-state index >= 15 is 0 Å². The first kappa shape index (κ1) is 37.1. The average Bonchev–Trinajstić information content (AvgIpc) is 3.41. The number of hydrogen-bond acceptors (Lipinski definition) is 9. The van der Waals surface area contributed by atoms with Crippen LogP contribution in [-0.2, 0) is 23.9 Å². The van der Waals surface area contributed by atoms with Crippen molar-refractivity contribution in [1.29, 1.82) is 0 Å². The van der Waals surface area contributed by atoms with E-state index in [2.05, 4.69) is 57.6 Å². The Morgan fingerprint density at radius 3 is 2.16 bits per heavy atom. The van der Waals surface area contributed by atoms with Crippen LogP contribution < -0.4 is 26.6 Å². The van der Waals surface area contributed by atoms with Crippen molar-refractivity contribution in [3.8, 4) is 0 Å². The first-order valence-electron chi connectivity index (χ1n) is 15.7. The third kappa shape index (κ3) is 12.1. The number of amides is 4. The molecule has 0 spiro atoms. The van der Waals surface area contributed by atoms with Crippen LogP contribution in [-0.4, -0.2) is 88.9 Å². The van der Waals surface area contributed by atoms with E-state index in [1.807, 2.05) is 20.8 Å². The molecule has 5 N–H and O–H groups in total. The number of hydrogen-bond donors (Lipinski definition) is 5. The van der Waals surface area contributed by atoms with Gasteiger partial charge in [-0.05, 0) is 69.8 Å². The van der Waals surface area contributed by atoms with E-state index in [0.717, 1.165) is 31.4 Å². The largest absolute Gasteiger partial charge is 0.449 e. The SMILES string of the molecule is CN=N/C1=C(\C)CC[C@@]2(C)[C@@H](COC(=O)NCCNCCOCCNC(=O)CCC(=O)NCC(=O)NC(C)(C)C)[C@@]2(C)CC1. The fourth-order valence-corrected chi connectivity index (χ4v) is 5.94. The fourth-order valence-electron chi connectivity index (χ4n) is 5.94. The number of allylic oxidation sites excluding steroid dienone is 2. The Bertz CT molecular complexity index is 1060. The summed E-state index contributed by atoms with van der Waals surface area (Å²) in [4.78, 5) is 47.7. The number of fused-ring (bicyclic) bond motifs is 1. The number of azo groups is 1. The van der Waals surface area contributed by atoms with Gasteiger partial charge in [0.05, 0.1) is 32.1 Å². The number of nitrogens with one attached hydrogen (secondary N) is 5. The van der Waals surface area contributed by atoms with Gasteiger partial charge >= 0.3 is 6.09 Å². The maximum absolute atomic E-state index is 12.3. The van der Waals surface area contributed by atoms with Crippen molar-refractivity contribution in [3.63, 3.8) is 0 Å². The van der Waals surface area contributed by atoms with Crippen LogP contribution in [0.4, 0.5) is 4.79 Å². The Morgan fingerprint density at radius 1 is 0.864 bits per heavy atom. The summed E-state index contributed by atoms with van der Waals surface area (Å²) in [6, 6.07) is 0. The Morgan fingerprint density at radius 2 is 1.50 bits per heavy atom. The van der Waals surface area contributed by atoms with E-state index < -0.39 is 6.09 Å². The molecule has 13 nitrogen and oxygen atoms in total. The molecule has 2 aliphatic carbocycles. The second-order valence-electron chi connectivity index (χ2n) is 13.2. The molecule has 4 amide bonds. The lowest BCUT2D eigenvalue weighted by atomic mass is 9.84. The Labute approximate surface area is 262 Å². The third-order valence-electron chi connectivity index (χ3n) is 8.86. The van der Waals surface area contributed by atoms with Gasteiger partial charge in [-0.1, -0.05) is 13.8 Å². The highest BCUT2D eigenvalue weighted by atomic mass is 16.5. The molecule has 13 heteroatoms. The minimum atomic E-state index is -0.399. The van der Waals surface area contributed by atoms with Crippen LogP contribution in [0.5, 0.6) is 0 Å². The Kier molecular flexibility index (Phi) is 14.7. The summed E-state index contributed by atoms with van der Waals surface area (Å²) in [5.74, 6) is -0.550. The van der Waals surface area contributed by atoms with Crippen LogP contribution in [0.3, 0.4) is 0 Å². The predicted molar refractivity (Wildman–Crippen MR) is 168 cm³/mol. The molecule has 0 aromatic rings. The number of ether oxygens (including phenoxy) is 2. The summed E-state index contributed by atoms with van der Waals surface area (Å²) in [5.41, 5.74) is 2.33. The molecular weight excluding hydrogens is 566 g/mol. The number of carbonyl (C=O) groups excluding carboxylic acids is 4. The van der Waals surface area contributed by atoms with Crippen molar-refractivity contribution in [1.82, 2.24) is 26.6 Å². The normalized spacial score (nSPS) is 24.9. The van der Waals surface area contributed by atoms with Crippen molar-refractivity contribution >= 4 is 23.8 Å². The zero-order valence-corrected chi connectivity index (χ0v) is 27.8. The van der Waals surface area contributed by atoms with E-state index in [0.29, 0.717) is 51.9 Å².